The summed E-state index contributed by atoms with van der Waals surface area (Å²) in [6, 6.07) is 24.2. The van der Waals surface area contributed by atoms with Crippen molar-refractivity contribution < 1.29 is 4.79 Å². The lowest BCUT2D eigenvalue weighted by Gasteiger charge is -2.15. The molecule has 0 unspecified atom stereocenters. The number of amides is 1. The number of thioether (sulfide) groups is 1. The Labute approximate surface area is 180 Å². The summed E-state index contributed by atoms with van der Waals surface area (Å²) in [5.41, 5.74) is 4.89. The maximum atomic E-state index is 12.8. The van der Waals surface area contributed by atoms with Gasteiger partial charge in [-0.1, -0.05) is 78.5 Å². The number of rotatable bonds is 5. The van der Waals surface area contributed by atoms with Gasteiger partial charge in [-0.25, -0.2) is 0 Å². The number of hydrogen-bond donors (Lipinski definition) is 1. The summed E-state index contributed by atoms with van der Waals surface area (Å²) in [6.45, 7) is 5.91. The van der Waals surface area contributed by atoms with Crippen LogP contribution in [-0.4, -0.2) is 21.4 Å². The second kappa shape index (κ2) is 8.67. The molecule has 3 aromatic carbocycles. The van der Waals surface area contributed by atoms with Crippen molar-refractivity contribution in [2.24, 2.45) is 0 Å². The van der Waals surface area contributed by atoms with Gasteiger partial charge < -0.3 is 5.32 Å². The fourth-order valence-electron chi connectivity index (χ4n) is 3.30. The molecule has 1 atom stereocenters. The predicted octanol–water partition coefficient (Wildman–Crippen LogP) is 6.03. The Morgan fingerprint density at radius 1 is 0.900 bits per heavy atom. The minimum absolute atomic E-state index is 0.0493. The van der Waals surface area contributed by atoms with Crippen molar-refractivity contribution in [2.75, 3.05) is 5.32 Å². The van der Waals surface area contributed by atoms with Crippen LogP contribution in [0.1, 0.15) is 18.1 Å². The van der Waals surface area contributed by atoms with E-state index in [1.54, 1.807) is 0 Å². The number of nitrogens with one attached hydrogen (secondary N) is 1. The van der Waals surface area contributed by atoms with Crippen LogP contribution in [0.25, 0.3) is 22.0 Å². The molecule has 30 heavy (non-hydrogen) atoms. The highest BCUT2D eigenvalue weighted by atomic mass is 32.2. The van der Waals surface area contributed by atoms with E-state index in [0.717, 1.165) is 43.9 Å². The van der Waals surface area contributed by atoms with Gasteiger partial charge in [-0.3, -0.25) is 4.79 Å². The van der Waals surface area contributed by atoms with Crippen molar-refractivity contribution in [3.8, 4) is 11.3 Å². The van der Waals surface area contributed by atoms with E-state index < -0.39 is 0 Å². The molecular formula is C25H23N3OS. The number of fused-ring (bicyclic) bond motifs is 1. The number of benzene rings is 3. The lowest BCUT2D eigenvalue weighted by atomic mass is 10.1. The molecule has 0 aliphatic carbocycles. The van der Waals surface area contributed by atoms with Gasteiger partial charge in [0, 0.05) is 22.0 Å². The third kappa shape index (κ3) is 4.21. The van der Waals surface area contributed by atoms with Crippen LogP contribution in [0.2, 0.25) is 0 Å². The van der Waals surface area contributed by atoms with Crippen LogP contribution in [0.3, 0.4) is 0 Å². The second-order valence-corrected chi connectivity index (χ2v) is 8.66. The Balaban J connectivity index is 1.61. The van der Waals surface area contributed by atoms with Crippen LogP contribution >= 0.6 is 11.8 Å². The summed E-state index contributed by atoms with van der Waals surface area (Å²) in [4.78, 5) is 12.8. The Hall–Kier alpha value is -3.18. The maximum Gasteiger partial charge on any atom is 0.237 e. The molecule has 1 N–H and O–H groups in total. The van der Waals surface area contributed by atoms with Crippen LogP contribution in [-0.2, 0) is 4.79 Å². The standard InChI is InChI=1S/C25H23N3OS/c1-16-13-14-17(2)22(15-16)26-24(29)18(3)30-25-21-12-8-7-11-20(21)23(27-28-25)19-9-5-4-6-10-19/h4-15,18H,1-3H3,(H,26,29)/t18-/m0/s1. The average Bonchev–Trinajstić information content (AvgIpc) is 2.77. The molecule has 1 aromatic heterocycles. The zero-order chi connectivity index (χ0) is 21.1. The van der Waals surface area contributed by atoms with Gasteiger partial charge in [0.25, 0.3) is 0 Å². The molecule has 4 nitrogen and oxygen atoms in total. The molecule has 0 spiro atoms. The zero-order valence-corrected chi connectivity index (χ0v) is 18.0. The average molecular weight is 414 g/mol. The van der Waals surface area contributed by atoms with E-state index in [4.69, 9.17) is 0 Å². The van der Waals surface area contributed by atoms with Crippen LogP contribution in [0.5, 0.6) is 0 Å². The lowest BCUT2D eigenvalue weighted by molar-refractivity contribution is -0.115. The number of aryl methyl sites for hydroxylation is 2. The van der Waals surface area contributed by atoms with Gasteiger partial charge in [0.2, 0.25) is 5.91 Å². The van der Waals surface area contributed by atoms with Crippen molar-refractivity contribution in [1.82, 2.24) is 10.2 Å². The fraction of sp³-hybridized carbons (Fsp3) is 0.160. The molecule has 0 saturated carbocycles. The highest BCUT2D eigenvalue weighted by Gasteiger charge is 2.19. The van der Waals surface area contributed by atoms with E-state index in [2.05, 4.69) is 21.6 Å². The van der Waals surface area contributed by atoms with E-state index in [1.807, 2.05) is 87.5 Å². The SMILES string of the molecule is Cc1ccc(C)c(NC(=O)[C@H](C)Sc2nnc(-c3ccccc3)c3ccccc23)c1. The molecule has 1 heterocycles. The molecule has 150 valence electrons. The highest BCUT2D eigenvalue weighted by Crippen LogP contribution is 2.33. The van der Waals surface area contributed by atoms with E-state index in [9.17, 15) is 4.79 Å². The van der Waals surface area contributed by atoms with Crippen molar-refractivity contribution in [2.45, 2.75) is 31.0 Å². The summed E-state index contributed by atoms with van der Waals surface area (Å²) in [7, 11) is 0. The first-order chi connectivity index (χ1) is 14.5. The van der Waals surface area contributed by atoms with Crippen molar-refractivity contribution in [3.63, 3.8) is 0 Å². The monoisotopic (exact) mass is 413 g/mol. The molecule has 0 saturated heterocycles. The molecular weight excluding hydrogens is 390 g/mol. The third-order valence-electron chi connectivity index (χ3n) is 5.01. The number of aromatic nitrogens is 2. The smallest absolute Gasteiger partial charge is 0.237 e. The number of carbonyl (C=O) groups excluding carboxylic acids is 1. The predicted molar refractivity (Wildman–Crippen MR) is 125 cm³/mol. The first-order valence-electron chi connectivity index (χ1n) is 9.88. The minimum atomic E-state index is -0.315. The molecule has 0 aliphatic rings. The number of carbonyl (C=O) groups is 1. The quantitative estimate of drug-likeness (QED) is 0.406. The lowest BCUT2D eigenvalue weighted by Crippen LogP contribution is -2.23. The van der Waals surface area contributed by atoms with E-state index >= 15 is 0 Å². The summed E-state index contributed by atoms with van der Waals surface area (Å²) in [5.74, 6) is -0.0493. The van der Waals surface area contributed by atoms with Gasteiger partial charge in [0.05, 0.1) is 5.25 Å². The Morgan fingerprint density at radius 2 is 1.60 bits per heavy atom. The maximum absolute atomic E-state index is 12.8. The van der Waals surface area contributed by atoms with Crippen molar-refractivity contribution >= 4 is 34.1 Å². The van der Waals surface area contributed by atoms with Gasteiger partial charge in [-0.2, -0.15) is 0 Å². The number of anilines is 1. The molecule has 0 aliphatic heterocycles. The molecule has 0 radical (unpaired) electrons. The molecule has 4 rings (SSSR count). The molecule has 0 fully saturated rings. The van der Waals surface area contributed by atoms with E-state index in [-0.39, 0.29) is 11.2 Å². The highest BCUT2D eigenvalue weighted by molar-refractivity contribution is 8.00. The first kappa shape index (κ1) is 20.1. The Kier molecular flexibility index (Phi) is 5.81. The van der Waals surface area contributed by atoms with Crippen LogP contribution in [0.15, 0.2) is 77.8 Å². The summed E-state index contributed by atoms with van der Waals surface area (Å²) in [6.07, 6.45) is 0. The van der Waals surface area contributed by atoms with Crippen LogP contribution in [0, 0.1) is 13.8 Å². The number of hydrogen-bond acceptors (Lipinski definition) is 4. The topological polar surface area (TPSA) is 54.9 Å². The van der Waals surface area contributed by atoms with E-state index in [0.29, 0.717) is 0 Å². The van der Waals surface area contributed by atoms with Crippen molar-refractivity contribution in [3.05, 3.63) is 83.9 Å². The van der Waals surface area contributed by atoms with Gasteiger partial charge in [-0.15, -0.1) is 10.2 Å². The van der Waals surface area contributed by atoms with Gasteiger partial charge in [-0.05, 0) is 38.0 Å². The van der Waals surface area contributed by atoms with Crippen LogP contribution in [0.4, 0.5) is 5.69 Å². The molecule has 4 aromatic rings. The van der Waals surface area contributed by atoms with Gasteiger partial charge >= 0.3 is 0 Å². The summed E-state index contributed by atoms with van der Waals surface area (Å²) < 4.78 is 0. The summed E-state index contributed by atoms with van der Waals surface area (Å²) >= 11 is 1.43. The Morgan fingerprint density at radius 3 is 2.37 bits per heavy atom. The zero-order valence-electron chi connectivity index (χ0n) is 17.2. The minimum Gasteiger partial charge on any atom is -0.325 e. The molecule has 0 bridgehead atoms. The second-order valence-electron chi connectivity index (χ2n) is 7.33. The van der Waals surface area contributed by atoms with Crippen molar-refractivity contribution in [1.29, 1.82) is 0 Å². The number of nitrogens with zero attached hydrogens (tertiary/aromatic N) is 2. The Bertz CT molecular complexity index is 1210. The largest absolute Gasteiger partial charge is 0.325 e. The van der Waals surface area contributed by atoms with Gasteiger partial charge in [0.1, 0.15) is 10.7 Å². The summed E-state index contributed by atoms with van der Waals surface area (Å²) in [5, 5.41) is 14.5. The van der Waals surface area contributed by atoms with Gasteiger partial charge in [0.15, 0.2) is 0 Å². The molecule has 5 heteroatoms. The first-order valence-corrected chi connectivity index (χ1v) is 10.8. The third-order valence-corrected chi connectivity index (χ3v) is 6.10. The van der Waals surface area contributed by atoms with E-state index in [1.165, 1.54) is 11.8 Å². The van der Waals surface area contributed by atoms with Crippen LogP contribution < -0.4 is 5.32 Å². The fourth-order valence-corrected chi connectivity index (χ4v) is 4.20. The normalized spacial score (nSPS) is 12.0. The molecule has 1 amide bonds.